The Kier molecular flexibility index (Phi) is 6.04. The molecule has 1 aliphatic heterocycles. The predicted octanol–water partition coefficient (Wildman–Crippen LogP) is 5.20. The first kappa shape index (κ1) is 21.2. The summed E-state index contributed by atoms with van der Waals surface area (Å²) < 4.78 is 28.5. The molecule has 0 bridgehead atoms. The lowest BCUT2D eigenvalue weighted by molar-refractivity contribution is 0.0838. The number of rotatable bonds is 5. The Bertz CT molecular complexity index is 1080. The quantitative estimate of drug-likeness (QED) is 0.575. The second-order valence-corrected chi connectivity index (χ2v) is 8.10. The first-order valence-electron chi connectivity index (χ1n) is 9.94. The van der Waals surface area contributed by atoms with Gasteiger partial charge in [0.05, 0.1) is 11.6 Å². The van der Waals surface area contributed by atoms with Crippen molar-refractivity contribution >= 4 is 34.5 Å². The molecule has 3 heterocycles. The lowest BCUT2D eigenvalue weighted by Crippen LogP contribution is -2.18. The average molecular weight is 453 g/mol. The smallest absolute Gasteiger partial charge is 0.158 e. The SMILES string of the molecule is CCOc1c(C(C)c2nc(Cl)c3c(N)nccn23)cc(Cl)c(F)c1C1CCOCC1. The average Bonchev–Trinajstić information content (AvgIpc) is 3.09. The monoisotopic (exact) mass is 452 g/mol. The van der Waals surface area contributed by atoms with E-state index < -0.39 is 5.82 Å². The van der Waals surface area contributed by atoms with E-state index in [1.807, 2.05) is 13.8 Å². The Balaban J connectivity index is 1.90. The van der Waals surface area contributed by atoms with Gasteiger partial charge in [-0.05, 0) is 31.7 Å². The van der Waals surface area contributed by atoms with Crippen LogP contribution in [0.25, 0.3) is 5.52 Å². The highest BCUT2D eigenvalue weighted by Gasteiger charge is 2.30. The molecule has 1 aliphatic rings. The number of nitrogens with zero attached hydrogens (tertiary/aromatic N) is 3. The van der Waals surface area contributed by atoms with E-state index in [0.717, 1.165) is 5.56 Å². The van der Waals surface area contributed by atoms with Crippen LogP contribution in [-0.4, -0.2) is 34.2 Å². The third-order valence-corrected chi connectivity index (χ3v) is 6.11. The van der Waals surface area contributed by atoms with Gasteiger partial charge in [0.2, 0.25) is 0 Å². The van der Waals surface area contributed by atoms with Gasteiger partial charge in [-0.15, -0.1) is 0 Å². The van der Waals surface area contributed by atoms with Gasteiger partial charge in [0.1, 0.15) is 22.9 Å². The summed E-state index contributed by atoms with van der Waals surface area (Å²) in [4.78, 5) is 8.61. The van der Waals surface area contributed by atoms with Crippen LogP contribution in [0.5, 0.6) is 5.75 Å². The van der Waals surface area contributed by atoms with E-state index in [1.54, 1.807) is 22.9 Å². The third-order valence-electron chi connectivity index (χ3n) is 5.58. The number of nitrogen functional groups attached to an aromatic ring is 1. The van der Waals surface area contributed by atoms with Gasteiger partial charge in [-0.1, -0.05) is 30.1 Å². The number of imidazole rings is 1. The van der Waals surface area contributed by atoms with Crippen LogP contribution in [0.15, 0.2) is 18.5 Å². The molecule has 0 saturated carbocycles. The van der Waals surface area contributed by atoms with Crippen LogP contribution in [-0.2, 0) is 4.74 Å². The van der Waals surface area contributed by atoms with Crippen LogP contribution < -0.4 is 10.5 Å². The van der Waals surface area contributed by atoms with E-state index in [0.29, 0.717) is 61.1 Å². The number of anilines is 1. The number of benzene rings is 1. The van der Waals surface area contributed by atoms with Gasteiger partial charge >= 0.3 is 0 Å². The maximum atomic E-state index is 15.2. The highest BCUT2D eigenvalue weighted by Crippen LogP contribution is 2.44. The molecule has 1 aromatic carbocycles. The number of hydrogen-bond acceptors (Lipinski definition) is 5. The zero-order valence-corrected chi connectivity index (χ0v) is 18.3. The van der Waals surface area contributed by atoms with Gasteiger partial charge in [0.25, 0.3) is 0 Å². The summed E-state index contributed by atoms with van der Waals surface area (Å²) in [5, 5.41) is 0.327. The topological polar surface area (TPSA) is 74.7 Å². The molecule has 3 aromatic rings. The number of halogens is 3. The minimum Gasteiger partial charge on any atom is -0.493 e. The Labute approximate surface area is 184 Å². The second-order valence-electron chi connectivity index (χ2n) is 7.34. The van der Waals surface area contributed by atoms with Crippen LogP contribution in [0.3, 0.4) is 0 Å². The molecule has 30 heavy (non-hydrogen) atoms. The Hall–Kier alpha value is -2.09. The van der Waals surface area contributed by atoms with Gasteiger partial charge in [-0.3, -0.25) is 4.40 Å². The number of hydrogen-bond donors (Lipinski definition) is 1. The van der Waals surface area contributed by atoms with Gasteiger partial charge in [-0.25, -0.2) is 14.4 Å². The zero-order chi connectivity index (χ0) is 21.4. The summed E-state index contributed by atoms with van der Waals surface area (Å²) in [5.41, 5.74) is 7.80. The van der Waals surface area contributed by atoms with Crippen LogP contribution in [0.2, 0.25) is 10.2 Å². The predicted molar refractivity (Wildman–Crippen MR) is 115 cm³/mol. The minimum atomic E-state index is -0.428. The second kappa shape index (κ2) is 8.57. The van der Waals surface area contributed by atoms with Gasteiger partial charge in [0.15, 0.2) is 11.0 Å². The van der Waals surface area contributed by atoms with E-state index >= 15 is 4.39 Å². The van der Waals surface area contributed by atoms with Crippen molar-refractivity contribution in [1.29, 1.82) is 0 Å². The van der Waals surface area contributed by atoms with Crippen LogP contribution in [0.4, 0.5) is 10.2 Å². The minimum absolute atomic E-state index is 0.0228. The number of fused-ring (bicyclic) bond motifs is 1. The summed E-state index contributed by atoms with van der Waals surface area (Å²) in [7, 11) is 0. The molecule has 1 unspecified atom stereocenters. The molecule has 1 fully saturated rings. The summed E-state index contributed by atoms with van der Waals surface area (Å²) >= 11 is 12.7. The third kappa shape index (κ3) is 3.59. The molecule has 0 spiro atoms. The first-order valence-corrected chi connectivity index (χ1v) is 10.7. The van der Waals surface area contributed by atoms with Crippen molar-refractivity contribution in [3.05, 3.63) is 51.4 Å². The maximum absolute atomic E-state index is 15.2. The standard InChI is InChI=1S/C21H23Cl2FN4O2/c1-3-30-18-13(10-14(22)16(24)15(18)12-4-8-29-9-5-12)11(2)21-27-19(23)17-20(25)26-6-7-28(17)21/h6-7,10-12H,3-5,8-9H2,1-2H3,(H2,25,26). The Morgan fingerprint density at radius 2 is 2.10 bits per heavy atom. The fraction of sp³-hybridized carbons (Fsp3) is 0.429. The molecule has 0 aliphatic carbocycles. The van der Waals surface area contributed by atoms with Crippen molar-refractivity contribution in [3.63, 3.8) is 0 Å². The lowest BCUT2D eigenvalue weighted by Gasteiger charge is -2.27. The molecular formula is C21H23Cl2FN4O2. The van der Waals surface area contributed by atoms with Crippen molar-refractivity contribution < 1.29 is 13.9 Å². The molecule has 6 nitrogen and oxygen atoms in total. The Morgan fingerprint density at radius 1 is 1.37 bits per heavy atom. The lowest BCUT2D eigenvalue weighted by atomic mass is 9.86. The molecule has 2 N–H and O–H groups in total. The summed E-state index contributed by atoms with van der Waals surface area (Å²) in [6.45, 7) is 5.40. The van der Waals surface area contributed by atoms with Crippen molar-refractivity contribution in [2.75, 3.05) is 25.6 Å². The highest BCUT2D eigenvalue weighted by atomic mass is 35.5. The molecule has 9 heteroatoms. The van der Waals surface area contributed by atoms with E-state index in [-0.39, 0.29) is 22.0 Å². The summed E-state index contributed by atoms with van der Waals surface area (Å²) in [6, 6.07) is 1.62. The van der Waals surface area contributed by atoms with E-state index in [1.165, 1.54) is 0 Å². The molecule has 1 saturated heterocycles. The van der Waals surface area contributed by atoms with E-state index in [2.05, 4.69) is 9.97 Å². The molecule has 2 aromatic heterocycles. The van der Waals surface area contributed by atoms with Gasteiger partial charge in [-0.2, -0.15) is 0 Å². The number of nitrogens with two attached hydrogens (primary N) is 1. The highest BCUT2D eigenvalue weighted by molar-refractivity contribution is 6.33. The van der Waals surface area contributed by atoms with Gasteiger partial charge in [0, 0.05) is 42.7 Å². The summed E-state index contributed by atoms with van der Waals surface area (Å²) in [6.07, 6.45) is 4.77. The van der Waals surface area contributed by atoms with Crippen molar-refractivity contribution in [1.82, 2.24) is 14.4 Å². The largest absolute Gasteiger partial charge is 0.493 e. The van der Waals surface area contributed by atoms with E-state index in [9.17, 15) is 0 Å². The fourth-order valence-electron chi connectivity index (χ4n) is 4.11. The van der Waals surface area contributed by atoms with Crippen LogP contribution in [0.1, 0.15) is 55.5 Å². The van der Waals surface area contributed by atoms with Crippen molar-refractivity contribution in [2.24, 2.45) is 0 Å². The Morgan fingerprint density at radius 3 is 2.80 bits per heavy atom. The van der Waals surface area contributed by atoms with Crippen molar-refractivity contribution in [3.8, 4) is 5.75 Å². The summed E-state index contributed by atoms with van der Waals surface area (Å²) in [5.74, 6) is 0.718. The molecule has 160 valence electrons. The molecule has 4 rings (SSSR count). The molecular weight excluding hydrogens is 430 g/mol. The van der Waals surface area contributed by atoms with E-state index in [4.69, 9.17) is 38.4 Å². The van der Waals surface area contributed by atoms with Crippen LogP contribution in [0, 0.1) is 5.82 Å². The first-order chi connectivity index (χ1) is 14.4. The normalized spacial score (nSPS) is 16.2. The molecule has 0 amide bonds. The number of ether oxygens (including phenoxy) is 2. The van der Waals surface area contributed by atoms with Gasteiger partial charge < -0.3 is 15.2 Å². The molecule has 0 radical (unpaired) electrons. The fourth-order valence-corrected chi connectivity index (χ4v) is 4.61. The maximum Gasteiger partial charge on any atom is 0.158 e. The number of aromatic nitrogens is 3. The van der Waals surface area contributed by atoms with Crippen LogP contribution >= 0.6 is 23.2 Å². The molecule has 1 atom stereocenters. The zero-order valence-electron chi connectivity index (χ0n) is 16.8. The van der Waals surface area contributed by atoms with Crippen molar-refractivity contribution in [2.45, 2.75) is 38.5 Å².